The number of ether oxygens (including phenoxy) is 1. The van der Waals surface area contributed by atoms with E-state index in [4.69, 9.17) is 4.74 Å². The van der Waals surface area contributed by atoms with Crippen LogP contribution in [0.25, 0.3) is 0 Å². The van der Waals surface area contributed by atoms with Crippen LogP contribution >= 0.6 is 0 Å². The summed E-state index contributed by atoms with van der Waals surface area (Å²) in [5.41, 5.74) is 2.23. The average molecular weight is 316 g/mol. The Bertz CT molecular complexity index is 602. The summed E-state index contributed by atoms with van der Waals surface area (Å²) in [6, 6.07) is 8.22. The van der Waals surface area contributed by atoms with Gasteiger partial charge in [0.1, 0.15) is 0 Å². The maximum atomic E-state index is 12.8. The number of amides is 2. The molecule has 2 aliphatic rings. The topological polar surface area (TPSA) is 58.6 Å². The highest BCUT2D eigenvalue weighted by atomic mass is 16.5. The minimum absolute atomic E-state index is 0.000381. The fraction of sp³-hybridized carbons (Fsp3) is 0.556. The fourth-order valence-electron chi connectivity index (χ4n) is 3.40. The van der Waals surface area contributed by atoms with Crippen LogP contribution in [0.1, 0.15) is 25.3 Å². The molecule has 1 saturated carbocycles. The van der Waals surface area contributed by atoms with Crippen molar-refractivity contribution in [2.45, 2.75) is 32.2 Å². The minimum Gasteiger partial charge on any atom is -0.385 e. The van der Waals surface area contributed by atoms with E-state index in [-0.39, 0.29) is 29.7 Å². The first kappa shape index (κ1) is 16.0. The third-order valence-electron chi connectivity index (χ3n) is 4.71. The first-order valence-corrected chi connectivity index (χ1v) is 8.31. The summed E-state index contributed by atoms with van der Waals surface area (Å²) in [4.78, 5) is 26.8. The predicted octanol–water partition coefficient (Wildman–Crippen LogP) is 1.75. The van der Waals surface area contributed by atoms with Gasteiger partial charge >= 0.3 is 0 Å². The Morgan fingerprint density at radius 1 is 1.30 bits per heavy atom. The summed E-state index contributed by atoms with van der Waals surface area (Å²) in [6.45, 7) is 3.31. The Morgan fingerprint density at radius 2 is 2.09 bits per heavy atom. The molecule has 1 N–H and O–H groups in total. The number of methoxy groups -OCH3 is 1. The van der Waals surface area contributed by atoms with Crippen LogP contribution in [-0.2, 0) is 20.7 Å². The summed E-state index contributed by atoms with van der Waals surface area (Å²) >= 11 is 0. The molecule has 2 amide bonds. The molecule has 3 atom stereocenters. The number of carbonyl (C=O) groups is 2. The molecule has 0 spiro atoms. The standard InChI is InChI=1S/C18H24N2O3/c1-12-10-13-6-3-4-7-16(13)20(12)18(22)15-11-14(15)17(21)19-8-5-9-23-2/h3-4,6-7,12,14-15H,5,8-11H2,1-2H3,(H,19,21). The second-order valence-corrected chi connectivity index (χ2v) is 6.48. The zero-order valence-electron chi connectivity index (χ0n) is 13.7. The second kappa shape index (κ2) is 6.71. The van der Waals surface area contributed by atoms with Crippen molar-refractivity contribution >= 4 is 17.5 Å². The first-order valence-electron chi connectivity index (χ1n) is 8.31. The lowest BCUT2D eigenvalue weighted by Gasteiger charge is -2.23. The third kappa shape index (κ3) is 3.24. The number of fused-ring (bicyclic) bond motifs is 1. The normalized spacial score (nSPS) is 25.1. The van der Waals surface area contributed by atoms with E-state index in [9.17, 15) is 9.59 Å². The number of anilines is 1. The lowest BCUT2D eigenvalue weighted by molar-refractivity contribution is -0.126. The number of hydrogen-bond acceptors (Lipinski definition) is 3. The van der Waals surface area contributed by atoms with Gasteiger partial charge in [-0.1, -0.05) is 18.2 Å². The number of nitrogens with one attached hydrogen (secondary N) is 1. The molecule has 1 heterocycles. The van der Waals surface area contributed by atoms with Gasteiger partial charge in [0.15, 0.2) is 0 Å². The zero-order valence-corrected chi connectivity index (χ0v) is 13.7. The molecule has 5 nitrogen and oxygen atoms in total. The number of nitrogens with zero attached hydrogens (tertiary/aromatic N) is 1. The van der Waals surface area contributed by atoms with Gasteiger partial charge < -0.3 is 15.0 Å². The maximum absolute atomic E-state index is 12.8. The molecular formula is C18H24N2O3. The van der Waals surface area contributed by atoms with Gasteiger partial charge in [-0.3, -0.25) is 9.59 Å². The lowest BCUT2D eigenvalue weighted by atomic mass is 10.1. The molecule has 1 fully saturated rings. The van der Waals surface area contributed by atoms with Gasteiger partial charge in [0.25, 0.3) is 0 Å². The van der Waals surface area contributed by atoms with E-state index in [0.29, 0.717) is 19.6 Å². The molecular weight excluding hydrogens is 292 g/mol. The molecule has 1 aromatic rings. The highest BCUT2D eigenvalue weighted by molar-refractivity contribution is 6.02. The van der Waals surface area contributed by atoms with E-state index >= 15 is 0 Å². The van der Waals surface area contributed by atoms with Gasteiger partial charge in [-0.05, 0) is 37.8 Å². The van der Waals surface area contributed by atoms with Crippen LogP contribution in [0.15, 0.2) is 24.3 Å². The summed E-state index contributed by atoms with van der Waals surface area (Å²) in [7, 11) is 1.65. The number of para-hydroxylation sites is 1. The quantitative estimate of drug-likeness (QED) is 0.814. The van der Waals surface area contributed by atoms with Gasteiger partial charge in [0, 0.05) is 32.0 Å². The summed E-state index contributed by atoms with van der Waals surface area (Å²) in [5.74, 6) is -0.227. The van der Waals surface area contributed by atoms with Crippen molar-refractivity contribution in [3.05, 3.63) is 29.8 Å². The van der Waals surface area contributed by atoms with E-state index in [1.165, 1.54) is 5.56 Å². The highest BCUT2D eigenvalue weighted by Crippen LogP contribution is 2.43. The molecule has 5 heteroatoms. The van der Waals surface area contributed by atoms with Gasteiger partial charge in [-0.25, -0.2) is 0 Å². The summed E-state index contributed by atoms with van der Waals surface area (Å²) < 4.78 is 4.96. The molecule has 1 aromatic carbocycles. The van der Waals surface area contributed by atoms with E-state index in [1.807, 2.05) is 23.1 Å². The largest absolute Gasteiger partial charge is 0.385 e. The van der Waals surface area contributed by atoms with Crippen molar-refractivity contribution in [1.82, 2.24) is 5.32 Å². The Labute approximate surface area is 137 Å². The Balaban J connectivity index is 1.57. The molecule has 0 saturated heterocycles. The lowest BCUT2D eigenvalue weighted by Crippen LogP contribution is -2.38. The molecule has 0 bridgehead atoms. The molecule has 3 rings (SSSR count). The molecule has 1 aliphatic heterocycles. The van der Waals surface area contributed by atoms with Crippen molar-refractivity contribution in [2.75, 3.05) is 25.2 Å². The third-order valence-corrected chi connectivity index (χ3v) is 4.71. The van der Waals surface area contributed by atoms with Crippen molar-refractivity contribution in [1.29, 1.82) is 0 Å². The fourth-order valence-corrected chi connectivity index (χ4v) is 3.40. The summed E-state index contributed by atoms with van der Waals surface area (Å²) in [6.07, 6.45) is 2.35. The molecule has 124 valence electrons. The molecule has 23 heavy (non-hydrogen) atoms. The number of hydrogen-bond donors (Lipinski definition) is 1. The smallest absolute Gasteiger partial charge is 0.231 e. The van der Waals surface area contributed by atoms with Crippen molar-refractivity contribution in [3.63, 3.8) is 0 Å². The van der Waals surface area contributed by atoms with Gasteiger partial charge in [-0.15, -0.1) is 0 Å². The van der Waals surface area contributed by atoms with E-state index in [2.05, 4.69) is 18.3 Å². The average Bonchev–Trinajstić information content (AvgIpc) is 3.27. The Hall–Kier alpha value is -1.88. The van der Waals surface area contributed by atoms with Crippen LogP contribution < -0.4 is 10.2 Å². The molecule has 3 unspecified atom stereocenters. The van der Waals surface area contributed by atoms with Crippen LogP contribution in [0.3, 0.4) is 0 Å². The SMILES string of the molecule is COCCCNC(=O)C1CC1C(=O)N1c2ccccc2CC1C. The van der Waals surface area contributed by atoms with Crippen molar-refractivity contribution in [3.8, 4) is 0 Å². The van der Waals surface area contributed by atoms with Crippen LogP contribution in [0.2, 0.25) is 0 Å². The number of carbonyl (C=O) groups excluding carboxylic acids is 2. The van der Waals surface area contributed by atoms with E-state index < -0.39 is 0 Å². The summed E-state index contributed by atoms with van der Waals surface area (Å²) in [5, 5.41) is 2.90. The minimum atomic E-state index is -0.162. The Kier molecular flexibility index (Phi) is 4.66. The molecule has 1 aliphatic carbocycles. The van der Waals surface area contributed by atoms with Gasteiger partial charge in [0.2, 0.25) is 11.8 Å². The second-order valence-electron chi connectivity index (χ2n) is 6.48. The first-order chi connectivity index (χ1) is 11.1. The number of rotatable bonds is 6. The van der Waals surface area contributed by atoms with Gasteiger partial charge in [0.05, 0.1) is 11.8 Å². The number of benzene rings is 1. The molecule has 0 radical (unpaired) electrons. The van der Waals surface area contributed by atoms with Crippen LogP contribution in [-0.4, -0.2) is 38.1 Å². The molecule has 0 aromatic heterocycles. The zero-order chi connectivity index (χ0) is 16.4. The van der Waals surface area contributed by atoms with Crippen LogP contribution in [0, 0.1) is 11.8 Å². The Morgan fingerprint density at radius 3 is 2.87 bits per heavy atom. The van der Waals surface area contributed by atoms with Crippen molar-refractivity contribution in [2.24, 2.45) is 11.8 Å². The highest BCUT2D eigenvalue weighted by Gasteiger charge is 2.51. The van der Waals surface area contributed by atoms with E-state index in [0.717, 1.165) is 18.5 Å². The van der Waals surface area contributed by atoms with Crippen LogP contribution in [0.4, 0.5) is 5.69 Å². The monoisotopic (exact) mass is 316 g/mol. The predicted molar refractivity (Wildman–Crippen MR) is 88.2 cm³/mol. The van der Waals surface area contributed by atoms with Crippen molar-refractivity contribution < 1.29 is 14.3 Å². The van der Waals surface area contributed by atoms with E-state index in [1.54, 1.807) is 7.11 Å². The van der Waals surface area contributed by atoms with Crippen LogP contribution in [0.5, 0.6) is 0 Å². The maximum Gasteiger partial charge on any atom is 0.231 e. The van der Waals surface area contributed by atoms with Gasteiger partial charge in [-0.2, -0.15) is 0 Å².